The van der Waals surface area contributed by atoms with E-state index in [1.165, 1.54) is 38.2 Å². The number of halogens is 1. The van der Waals surface area contributed by atoms with Crippen LogP contribution >= 0.6 is 11.3 Å². The van der Waals surface area contributed by atoms with Crippen LogP contribution in [0, 0.1) is 5.82 Å². The maximum absolute atomic E-state index is 14.5. The first-order valence-corrected chi connectivity index (χ1v) is 11.7. The van der Waals surface area contributed by atoms with Crippen LogP contribution in [0.15, 0.2) is 30.6 Å². The summed E-state index contributed by atoms with van der Waals surface area (Å²) in [5.41, 5.74) is 2.80. The molecule has 4 aromatic rings. The van der Waals surface area contributed by atoms with Crippen molar-refractivity contribution in [2.75, 3.05) is 11.9 Å². The standard InChI is InChI=1S/C23H25FN6S/c1-29-12-14-6-13(7-18(24)22(14)28-29)19-10-21-20(11-25-19)27-23(31-21)30(2)17-8-15-4-3-5-16(9-17)26-15/h6-7,10-12,15-17,26H,3-5,8-9H2,1-2H3. The summed E-state index contributed by atoms with van der Waals surface area (Å²) < 4.78 is 17.3. The van der Waals surface area contributed by atoms with E-state index in [0.29, 0.717) is 23.6 Å². The predicted molar refractivity (Wildman–Crippen MR) is 123 cm³/mol. The Hall–Kier alpha value is -2.58. The van der Waals surface area contributed by atoms with Crippen LogP contribution in [0.3, 0.4) is 0 Å². The van der Waals surface area contributed by atoms with Gasteiger partial charge in [0.25, 0.3) is 0 Å². The third-order valence-corrected chi connectivity index (χ3v) is 7.88. The summed E-state index contributed by atoms with van der Waals surface area (Å²) in [6.07, 6.45) is 9.90. The third kappa shape index (κ3) is 3.38. The van der Waals surface area contributed by atoms with Gasteiger partial charge < -0.3 is 10.2 Å². The van der Waals surface area contributed by atoms with E-state index in [1.54, 1.807) is 29.3 Å². The maximum Gasteiger partial charge on any atom is 0.186 e. The lowest BCUT2D eigenvalue weighted by molar-refractivity contribution is 0.219. The van der Waals surface area contributed by atoms with Crippen molar-refractivity contribution in [1.82, 2.24) is 25.1 Å². The van der Waals surface area contributed by atoms with Crippen molar-refractivity contribution in [2.24, 2.45) is 7.05 Å². The molecule has 2 atom stereocenters. The lowest BCUT2D eigenvalue weighted by atomic mass is 9.83. The number of thiazole rings is 1. The average Bonchev–Trinajstić information content (AvgIpc) is 3.35. The Balaban J connectivity index is 1.32. The molecule has 6 nitrogen and oxygen atoms in total. The van der Waals surface area contributed by atoms with Crippen LogP contribution in [0.5, 0.6) is 0 Å². The minimum absolute atomic E-state index is 0.323. The highest BCUT2D eigenvalue weighted by Crippen LogP contribution is 2.35. The van der Waals surface area contributed by atoms with Gasteiger partial charge in [-0.3, -0.25) is 9.67 Å². The summed E-state index contributed by atoms with van der Waals surface area (Å²) in [5.74, 6) is -0.323. The highest BCUT2D eigenvalue weighted by atomic mass is 32.1. The van der Waals surface area contributed by atoms with E-state index in [4.69, 9.17) is 4.98 Å². The van der Waals surface area contributed by atoms with Crippen molar-refractivity contribution in [1.29, 1.82) is 0 Å². The van der Waals surface area contributed by atoms with Gasteiger partial charge in [0, 0.05) is 49.4 Å². The van der Waals surface area contributed by atoms with E-state index in [2.05, 4.69) is 27.3 Å². The first kappa shape index (κ1) is 19.1. The van der Waals surface area contributed by atoms with Crippen molar-refractivity contribution in [3.63, 3.8) is 0 Å². The molecule has 31 heavy (non-hydrogen) atoms. The molecule has 0 saturated carbocycles. The number of nitrogens with zero attached hydrogens (tertiary/aromatic N) is 5. The van der Waals surface area contributed by atoms with Gasteiger partial charge in [-0.05, 0) is 43.9 Å². The second kappa shape index (κ2) is 7.24. The number of pyridine rings is 1. The van der Waals surface area contributed by atoms with E-state index >= 15 is 0 Å². The number of rotatable bonds is 3. The van der Waals surface area contributed by atoms with Gasteiger partial charge >= 0.3 is 0 Å². The Bertz CT molecular complexity index is 1270. The Morgan fingerprint density at radius 3 is 2.81 bits per heavy atom. The molecule has 0 radical (unpaired) electrons. The van der Waals surface area contributed by atoms with Crippen LogP contribution in [0.4, 0.5) is 9.52 Å². The van der Waals surface area contributed by atoms with Gasteiger partial charge in [-0.15, -0.1) is 0 Å². The number of aromatic nitrogens is 4. The molecule has 6 rings (SSSR count). The minimum atomic E-state index is -0.323. The van der Waals surface area contributed by atoms with Crippen LogP contribution in [0.25, 0.3) is 32.4 Å². The van der Waals surface area contributed by atoms with Gasteiger partial charge in [-0.1, -0.05) is 17.8 Å². The Morgan fingerprint density at radius 1 is 1.19 bits per heavy atom. The molecule has 3 aromatic heterocycles. The topological polar surface area (TPSA) is 58.9 Å². The molecule has 0 spiro atoms. The molecular formula is C23H25FN6S. The minimum Gasteiger partial charge on any atom is -0.348 e. The first-order chi connectivity index (χ1) is 15.0. The number of anilines is 1. The van der Waals surface area contributed by atoms with Crippen LogP contribution in [-0.2, 0) is 7.05 Å². The molecule has 2 unspecified atom stereocenters. The first-order valence-electron chi connectivity index (χ1n) is 10.9. The second-order valence-corrected chi connectivity index (χ2v) is 9.97. The normalized spacial score (nSPS) is 23.5. The van der Waals surface area contributed by atoms with Gasteiger partial charge in [0.2, 0.25) is 0 Å². The summed E-state index contributed by atoms with van der Waals surface area (Å²) in [7, 11) is 3.97. The molecule has 2 saturated heterocycles. The summed E-state index contributed by atoms with van der Waals surface area (Å²) >= 11 is 1.69. The van der Waals surface area contributed by atoms with Crippen LogP contribution in [0.1, 0.15) is 32.1 Å². The molecule has 2 aliphatic heterocycles. The summed E-state index contributed by atoms with van der Waals surface area (Å²) in [4.78, 5) is 11.8. The zero-order valence-corrected chi connectivity index (χ0v) is 18.5. The third-order valence-electron chi connectivity index (χ3n) is 6.78. The van der Waals surface area contributed by atoms with Crippen molar-refractivity contribution in [3.8, 4) is 11.3 Å². The van der Waals surface area contributed by atoms with E-state index < -0.39 is 0 Å². The zero-order valence-electron chi connectivity index (χ0n) is 17.7. The lowest BCUT2D eigenvalue weighted by Crippen LogP contribution is -2.54. The second-order valence-electron chi connectivity index (χ2n) is 8.96. The van der Waals surface area contributed by atoms with E-state index in [1.807, 2.05) is 18.3 Å². The van der Waals surface area contributed by atoms with Gasteiger partial charge in [0.15, 0.2) is 10.9 Å². The molecule has 2 aliphatic rings. The van der Waals surface area contributed by atoms with Crippen molar-refractivity contribution in [2.45, 2.75) is 50.2 Å². The summed E-state index contributed by atoms with van der Waals surface area (Å²) in [5, 5.41) is 9.77. The van der Waals surface area contributed by atoms with Crippen molar-refractivity contribution >= 4 is 37.6 Å². The number of aryl methyl sites for hydroxylation is 1. The highest BCUT2D eigenvalue weighted by Gasteiger charge is 2.33. The molecule has 1 N–H and O–H groups in total. The number of fused-ring (bicyclic) bond motifs is 4. The molecule has 0 aliphatic carbocycles. The fourth-order valence-electron chi connectivity index (χ4n) is 5.20. The quantitative estimate of drug-likeness (QED) is 0.513. The van der Waals surface area contributed by atoms with Gasteiger partial charge in [0.1, 0.15) is 11.0 Å². The van der Waals surface area contributed by atoms with E-state index in [-0.39, 0.29) is 5.82 Å². The molecule has 160 valence electrons. The van der Waals surface area contributed by atoms with Crippen molar-refractivity contribution < 1.29 is 4.39 Å². The predicted octanol–water partition coefficient (Wildman–Crippen LogP) is 4.49. The molecule has 2 fully saturated rings. The average molecular weight is 437 g/mol. The molecule has 2 bridgehead atoms. The molecular weight excluding hydrogens is 411 g/mol. The number of benzene rings is 1. The molecule has 8 heteroatoms. The zero-order chi connectivity index (χ0) is 21.1. The van der Waals surface area contributed by atoms with Crippen LogP contribution in [-0.4, -0.2) is 44.9 Å². The molecule has 0 amide bonds. The van der Waals surface area contributed by atoms with Crippen LogP contribution in [0.2, 0.25) is 0 Å². The smallest absolute Gasteiger partial charge is 0.186 e. The Kier molecular flexibility index (Phi) is 4.47. The number of hydrogen-bond donors (Lipinski definition) is 1. The van der Waals surface area contributed by atoms with E-state index in [0.717, 1.165) is 32.0 Å². The van der Waals surface area contributed by atoms with E-state index in [9.17, 15) is 4.39 Å². The molecule has 5 heterocycles. The Morgan fingerprint density at radius 2 is 2.00 bits per heavy atom. The maximum atomic E-state index is 14.5. The fraction of sp³-hybridized carbons (Fsp3) is 0.435. The van der Waals surface area contributed by atoms with Gasteiger partial charge in [-0.25, -0.2) is 9.37 Å². The number of nitrogens with one attached hydrogen (secondary N) is 1. The summed E-state index contributed by atoms with van der Waals surface area (Å²) in [6, 6.07) is 7.29. The monoisotopic (exact) mass is 436 g/mol. The Labute approximate surface area is 184 Å². The number of hydrogen-bond acceptors (Lipinski definition) is 6. The van der Waals surface area contributed by atoms with Gasteiger partial charge in [-0.2, -0.15) is 5.10 Å². The largest absolute Gasteiger partial charge is 0.348 e. The van der Waals surface area contributed by atoms with Crippen LogP contribution < -0.4 is 10.2 Å². The fourth-order valence-corrected chi connectivity index (χ4v) is 6.20. The molecule has 1 aromatic carbocycles. The van der Waals surface area contributed by atoms with Gasteiger partial charge in [0.05, 0.1) is 16.6 Å². The lowest BCUT2D eigenvalue weighted by Gasteiger charge is -2.43. The number of piperidine rings is 2. The highest BCUT2D eigenvalue weighted by molar-refractivity contribution is 7.22. The SMILES string of the molecule is CN(c1nc2cnc(-c3cc(F)c4nn(C)cc4c3)cc2s1)C1CC2CCCC(C1)N2. The summed E-state index contributed by atoms with van der Waals surface area (Å²) in [6.45, 7) is 0. The van der Waals surface area contributed by atoms with Crippen molar-refractivity contribution in [3.05, 3.63) is 36.4 Å².